The molecule has 4 N–H and O–H groups in total. The van der Waals surface area contributed by atoms with Gasteiger partial charge in [0.25, 0.3) is 0 Å². The third kappa shape index (κ3) is 11.6. The summed E-state index contributed by atoms with van der Waals surface area (Å²) in [5.74, 6) is -1.72. The summed E-state index contributed by atoms with van der Waals surface area (Å²) in [7, 11) is 0. The molecule has 0 bridgehead atoms. The fraction of sp³-hybridized carbons (Fsp3) is 0.346. The fourth-order valence-electron chi connectivity index (χ4n) is 3.07. The number of esters is 1. The van der Waals surface area contributed by atoms with Crippen molar-refractivity contribution < 1.29 is 23.9 Å². The van der Waals surface area contributed by atoms with Crippen LogP contribution in [0.25, 0.3) is 0 Å². The zero-order valence-electron chi connectivity index (χ0n) is 20.5. The summed E-state index contributed by atoms with van der Waals surface area (Å²) in [6.07, 6.45) is 1.22. The molecule has 3 amide bonds. The van der Waals surface area contributed by atoms with Gasteiger partial charge in [0, 0.05) is 24.9 Å². The van der Waals surface area contributed by atoms with Crippen molar-refractivity contribution in [2.24, 2.45) is 0 Å². The highest BCUT2D eigenvalue weighted by molar-refractivity contribution is 7.80. The van der Waals surface area contributed by atoms with Crippen molar-refractivity contribution in [3.05, 3.63) is 65.2 Å². The quantitative estimate of drug-likeness (QED) is 0.158. The van der Waals surface area contributed by atoms with E-state index in [2.05, 4.69) is 21.5 Å². The predicted octanol–water partition coefficient (Wildman–Crippen LogP) is 3.00. The molecule has 0 fully saturated rings. The number of ether oxygens (including phenoxy) is 1. The first-order valence-corrected chi connectivity index (χ1v) is 12.1. The van der Waals surface area contributed by atoms with Crippen molar-refractivity contribution >= 4 is 46.7 Å². The van der Waals surface area contributed by atoms with Gasteiger partial charge in [-0.2, -0.15) is 0 Å². The van der Waals surface area contributed by atoms with Gasteiger partial charge in [-0.05, 0) is 67.7 Å². The molecule has 36 heavy (non-hydrogen) atoms. The molecule has 0 atom stereocenters. The Balaban J connectivity index is 1.53. The number of hydrogen-bond acceptors (Lipinski definition) is 6. The van der Waals surface area contributed by atoms with Crippen LogP contribution in [-0.4, -0.2) is 35.4 Å². The van der Waals surface area contributed by atoms with Gasteiger partial charge in [-0.3, -0.25) is 30.0 Å². The summed E-state index contributed by atoms with van der Waals surface area (Å²) in [6.45, 7) is 4.21. The SMILES string of the molecule is Cc1ccc(NC(=O)CCC(=O)NNC(=S)NC(=O)CCC(=O)OCCCc2ccccc2)cc1C. The Morgan fingerprint density at radius 2 is 1.50 bits per heavy atom. The molecule has 2 aromatic carbocycles. The van der Waals surface area contributed by atoms with E-state index in [1.165, 1.54) is 5.56 Å². The van der Waals surface area contributed by atoms with Gasteiger partial charge in [0.1, 0.15) is 0 Å². The minimum atomic E-state index is -0.490. The summed E-state index contributed by atoms with van der Waals surface area (Å²) in [4.78, 5) is 47.7. The molecule has 0 heterocycles. The van der Waals surface area contributed by atoms with Gasteiger partial charge in [0.15, 0.2) is 5.11 Å². The Morgan fingerprint density at radius 3 is 2.22 bits per heavy atom. The number of carbonyl (C=O) groups excluding carboxylic acids is 4. The van der Waals surface area contributed by atoms with Crippen molar-refractivity contribution in [2.45, 2.75) is 52.4 Å². The van der Waals surface area contributed by atoms with E-state index in [9.17, 15) is 19.2 Å². The number of benzene rings is 2. The number of aryl methyl sites for hydroxylation is 3. The molecule has 2 aromatic rings. The van der Waals surface area contributed by atoms with Crippen LogP contribution in [0.5, 0.6) is 0 Å². The van der Waals surface area contributed by atoms with Crippen LogP contribution in [0.2, 0.25) is 0 Å². The number of amides is 3. The minimum Gasteiger partial charge on any atom is -0.466 e. The van der Waals surface area contributed by atoms with Crippen LogP contribution in [0.3, 0.4) is 0 Å². The van der Waals surface area contributed by atoms with E-state index in [0.29, 0.717) is 12.1 Å². The lowest BCUT2D eigenvalue weighted by Gasteiger charge is -2.11. The molecule has 0 saturated carbocycles. The molecule has 0 unspecified atom stereocenters. The van der Waals surface area contributed by atoms with Gasteiger partial charge in [0.2, 0.25) is 17.7 Å². The summed E-state index contributed by atoms with van der Waals surface area (Å²) in [5.41, 5.74) is 8.73. The number of anilines is 1. The zero-order valence-corrected chi connectivity index (χ0v) is 21.3. The van der Waals surface area contributed by atoms with Crippen molar-refractivity contribution in [2.75, 3.05) is 11.9 Å². The first kappa shape index (κ1) is 28.4. The number of hydrogen-bond donors (Lipinski definition) is 4. The second-order valence-electron chi connectivity index (χ2n) is 8.21. The normalized spacial score (nSPS) is 10.2. The Hall–Kier alpha value is -3.79. The van der Waals surface area contributed by atoms with Crippen LogP contribution in [0, 0.1) is 13.8 Å². The number of hydrazine groups is 1. The topological polar surface area (TPSA) is 126 Å². The molecule has 0 spiro atoms. The minimum absolute atomic E-state index is 0.0208. The Kier molecular flexibility index (Phi) is 12.1. The number of thiocarbonyl (C=S) groups is 1. The van der Waals surface area contributed by atoms with Crippen LogP contribution < -0.4 is 21.5 Å². The number of rotatable bonds is 11. The van der Waals surface area contributed by atoms with Crippen LogP contribution in [0.4, 0.5) is 5.69 Å². The summed E-state index contributed by atoms with van der Waals surface area (Å²) in [5, 5.41) is 4.99. The molecule has 10 heteroatoms. The van der Waals surface area contributed by atoms with Gasteiger partial charge < -0.3 is 15.4 Å². The van der Waals surface area contributed by atoms with Crippen molar-refractivity contribution in [1.29, 1.82) is 0 Å². The highest BCUT2D eigenvalue weighted by Crippen LogP contribution is 2.14. The lowest BCUT2D eigenvalue weighted by molar-refractivity contribution is -0.145. The monoisotopic (exact) mass is 512 g/mol. The second kappa shape index (κ2) is 15.3. The van der Waals surface area contributed by atoms with Gasteiger partial charge >= 0.3 is 5.97 Å². The molecular formula is C26H32N4O5S. The number of carbonyl (C=O) groups is 4. The van der Waals surface area contributed by atoms with E-state index in [1.54, 1.807) is 6.07 Å². The van der Waals surface area contributed by atoms with Gasteiger partial charge in [-0.1, -0.05) is 36.4 Å². The van der Waals surface area contributed by atoms with E-state index in [4.69, 9.17) is 17.0 Å². The summed E-state index contributed by atoms with van der Waals surface area (Å²) < 4.78 is 5.14. The van der Waals surface area contributed by atoms with E-state index >= 15 is 0 Å². The molecule has 192 valence electrons. The van der Waals surface area contributed by atoms with E-state index in [1.807, 2.05) is 56.3 Å². The third-order valence-electron chi connectivity index (χ3n) is 5.21. The fourth-order valence-corrected chi connectivity index (χ4v) is 3.24. The van der Waals surface area contributed by atoms with Crippen molar-refractivity contribution in [1.82, 2.24) is 16.2 Å². The lowest BCUT2D eigenvalue weighted by Crippen LogP contribution is -2.48. The maximum Gasteiger partial charge on any atom is 0.306 e. The molecule has 2 rings (SSSR count). The Bertz CT molecular complexity index is 1080. The standard InChI is InChI=1S/C26H32N4O5S/c1-18-10-11-21(17-19(18)2)27-22(31)12-13-24(33)29-30-26(36)28-23(32)14-15-25(34)35-16-6-9-20-7-4-3-5-8-20/h3-5,7-8,10-11,17H,6,9,12-16H2,1-2H3,(H,27,31)(H,29,33)(H2,28,30,32,36). The second-order valence-corrected chi connectivity index (χ2v) is 8.62. The Morgan fingerprint density at radius 1 is 0.806 bits per heavy atom. The van der Waals surface area contributed by atoms with Gasteiger partial charge in [-0.15, -0.1) is 0 Å². The predicted molar refractivity (Wildman–Crippen MR) is 141 cm³/mol. The van der Waals surface area contributed by atoms with Crippen LogP contribution in [-0.2, 0) is 30.3 Å². The largest absolute Gasteiger partial charge is 0.466 e. The molecule has 9 nitrogen and oxygen atoms in total. The van der Waals surface area contributed by atoms with E-state index < -0.39 is 17.8 Å². The van der Waals surface area contributed by atoms with Gasteiger partial charge in [-0.25, -0.2) is 0 Å². The molecule has 0 aliphatic carbocycles. The molecule has 0 aliphatic rings. The maximum absolute atomic E-state index is 12.0. The maximum atomic E-state index is 12.0. The van der Waals surface area contributed by atoms with E-state index in [-0.39, 0.29) is 43.3 Å². The first-order valence-electron chi connectivity index (χ1n) is 11.7. The average Bonchev–Trinajstić information content (AvgIpc) is 2.85. The van der Waals surface area contributed by atoms with Crippen LogP contribution in [0.15, 0.2) is 48.5 Å². The lowest BCUT2D eigenvalue weighted by atomic mass is 10.1. The summed E-state index contributed by atoms with van der Waals surface area (Å²) in [6, 6.07) is 15.4. The third-order valence-corrected chi connectivity index (χ3v) is 5.41. The smallest absolute Gasteiger partial charge is 0.306 e. The average molecular weight is 513 g/mol. The zero-order chi connectivity index (χ0) is 26.3. The molecule has 0 radical (unpaired) electrons. The highest BCUT2D eigenvalue weighted by atomic mass is 32.1. The van der Waals surface area contributed by atoms with Crippen LogP contribution in [0.1, 0.15) is 48.8 Å². The molecule has 0 saturated heterocycles. The Labute approximate surface area is 216 Å². The van der Waals surface area contributed by atoms with Crippen molar-refractivity contribution in [3.63, 3.8) is 0 Å². The van der Waals surface area contributed by atoms with Gasteiger partial charge in [0.05, 0.1) is 13.0 Å². The molecular weight excluding hydrogens is 480 g/mol. The molecule has 0 aromatic heterocycles. The number of nitrogens with one attached hydrogen (secondary N) is 4. The van der Waals surface area contributed by atoms with E-state index in [0.717, 1.165) is 17.5 Å². The van der Waals surface area contributed by atoms with Crippen molar-refractivity contribution in [3.8, 4) is 0 Å². The highest BCUT2D eigenvalue weighted by Gasteiger charge is 2.11. The summed E-state index contributed by atoms with van der Waals surface area (Å²) >= 11 is 4.95. The molecule has 0 aliphatic heterocycles. The van der Waals surface area contributed by atoms with Crippen LogP contribution >= 0.6 is 12.2 Å². The first-order chi connectivity index (χ1) is 17.2.